The van der Waals surface area contributed by atoms with Crippen LogP contribution in [0.4, 0.5) is 13.2 Å². The van der Waals surface area contributed by atoms with Crippen molar-refractivity contribution in [1.29, 1.82) is 0 Å². The second-order valence-electron chi connectivity index (χ2n) is 8.36. The summed E-state index contributed by atoms with van der Waals surface area (Å²) in [4.78, 5) is 15.8. The molecule has 168 valence electrons. The summed E-state index contributed by atoms with van der Waals surface area (Å²) in [7, 11) is -3.99. The van der Waals surface area contributed by atoms with Crippen molar-refractivity contribution < 1.29 is 26.4 Å². The van der Waals surface area contributed by atoms with E-state index >= 15 is 0 Å². The molecule has 1 amide bonds. The summed E-state index contributed by atoms with van der Waals surface area (Å²) in [5.74, 6) is -0.310. The largest absolute Gasteiger partial charge is 0.416 e. The van der Waals surface area contributed by atoms with Gasteiger partial charge in [-0.3, -0.25) is 4.79 Å². The van der Waals surface area contributed by atoms with Crippen LogP contribution in [-0.2, 0) is 16.0 Å². The van der Waals surface area contributed by atoms with Crippen LogP contribution in [0.1, 0.15) is 49.2 Å². The molecule has 1 aliphatic rings. The van der Waals surface area contributed by atoms with E-state index in [9.17, 15) is 26.4 Å². The number of hydrogen-bond donors (Lipinski definition) is 1. The van der Waals surface area contributed by atoms with Gasteiger partial charge in [0, 0.05) is 12.2 Å². The van der Waals surface area contributed by atoms with E-state index < -0.39 is 26.3 Å². The number of pyridine rings is 1. The molecule has 0 saturated heterocycles. The quantitative estimate of drug-likeness (QED) is 0.645. The van der Waals surface area contributed by atoms with Gasteiger partial charge in [0.15, 0.2) is 9.84 Å². The molecular formula is C21H22ClF3N2O3S. The first kappa shape index (κ1) is 23.5. The number of halogens is 4. The molecule has 1 N–H and O–H groups in total. The first-order valence-electron chi connectivity index (χ1n) is 9.64. The summed E-state index contributed by atoms with van der Waals surface area (Å²) >= 11 is 5.75. The van der Waals surface area contributed by atoms with Gasteiger partial charge in [0.05, 0.1) is 20.2 Å². The maximum Gasteiger partial charge on any atom is 0.416 e. The maximum absolute atomic E-state index is 13.0. The van der Waals surface area contributed by atoms with Gasteiger partial charge in [-0.2, -0.15) is 13.2 Å². The Morgan fingerprint density at radius 2 is 1.87 bits per heavy atom. The fourth-order valence-electron chi connectivity index (χ4n) is 3.75. The molecule has 0 atom stereocenters. The van der Waals surface area contributed by atoms with E-state index in [1.165, 1.54) is 32.2 Å². The van der Waals surface area contributed by atoms with Crippen molar-refractivity contribution in [2.75, 3.05) is 0 Å². The average molecular weight is 475 g/mol. The molecule has 1 aromatic carbocycles. The van der Waals surface area contributed by atoms with Gasteiger partial charge in [-0.15, -0.1) is 0 Å². The van der Waals surface area contributed by atoms with Crippen molar-refractivity contribution in [3.63, 3.8) is 0 Å². The van der Waals surface area contributed by atoms with Crippen LogP contribution in [0.3, 0.4) is 0 Å². The second-order valence-corrected chi connectivity index (χ2v) is 11.4. The summed E-state index contributed by atoms with van der Waals surface area (Å²) in [6.07, 6.45) is -1.80. The summed E-state index contributed by atoms with van der Waals surface area (Å²) < 4.78 is 63.7. The van der Waals surface area contributed by atoms with Gasteiger partial charge in [-0.25, -0.2) is 13.4 Å². The van der Waals surface area contributed by atoms with Crippen LogP contribution in [0.25, 0.3) is 0 Å². The Bertz CT molecular complexity index is 1060. The van der Waals surface area contributed by atoms with Crippen LogP contribution in [0.2, 0.25) is 5.02 Å². The van der Waals surface area contributed by atoms with Crippen molar-refractivity contribution in [3.05, 3.63) is 58.9 Å². The molecule has 3 rings (SSSR count). The van der Waals surface area contributed by atoms with Crippen molar-refractivity contribution in [2.45, 2.75) is 55.0 Å². The molecule has 1 fully saturated rings. The van der Waals surface area contributed by atoms with E-state index in [-0.39, 0.29) is 34.9 Å². The van der Waals surface area contributed by atoms with Gasteiger partial charge in [-0.05, 0) is 69.4 Å². The lowest BCUT2D eigenvalue weighted by molar-refractivity contribution is -0.137. The zero-order chi connectivity index (χ0) is 23.0. The molecule has 1 aliphatic carbocycles. The van der Waals surface area contributed by atoms with Crippen molar-refractivity contribution in [2.24, 2.45) is 5.92 Å². The summed E-state index contributed by atoms with van der Waals surface area (Å²) in [5, 5.41) is 3.26. The van der Waals surface area contributed by atoms with E-state index in [2.05, 4.69) is 10.3 Å². The Labute approximate surface area is 183 Å². The number of hydrogen-bond acceptors (Lipinski definition) is 4. The van der Waals surface area contributed by atoms with Gasteiger partial charge in [0.2, 0.25) is 0 Å². The number of alkyl halides is 3. The third-order valence-electron chi connectivity index (χ3n) is 5.51. The highest BCUT2D eigenvalue weighted by Gasteiger charge is 2.42. The minimum atomic E-state index is -4.62. The monoisotopic (exact) mass is 474 g/mol. The standard InChI is InChI=1S/C21H22ClF3N2O3S/c1-20(2,31(29,30)17-5-3-4-14(10-17)21(23,24)25)11-13-8-16(9-13)27-19(28)18-7-6-15(22)12-26-18/h3-7,10,12-13,16H,8-9,11H2,1-2H3,(H,27,28)/t13-,16+. The predicted octanol–water partition coefficient (Wildman–Crippen LogP) is 4.90. The number of rotatable bonds is 6. The number of sulfone groups is 1. The van der Waals surface area contributed by atoms with Gasteiger partial charge >= 0.3 is 6.18 Å². The van der Waals surface area contributed by atoms with Crippen LogP contribution in [0.5, 0.6) is 0 Å². The van der Waals surface area contributed by atoms with E-state index in [0.717, 1.165) is 12.1 Å². The maximum atomic E-state index is 13.0. The Morgan fingerprint density at radius 1 is 1.19 bits per heavy atom. The first-order valence-corrected chi connectivity index (χ1v) is 11.5. The van der Waals surface area contributed by atoms with Gasteiger partial charge in [0.25, 0.3) is 5.91 Å². The van der Waals surface area contributed by atoms with Gasteiger partial charge in [-0.1, -0.05) is 17.7 Å². The Kier molecular flexibility index (Phi) is 6.40. The SMILES string of the molecule is CC(C)(C[C@H]1C[C@@H](NC(=O)c2ccc(Cl)cn2)C1)S(=O)(=O)c1cccc(C(F)(F)F)c1. The topological polar surface area (TPSA) is 76.1 Å². The number of carbonyl (C=O) groups excluding carboxylic acids is 1. The lowest BCUT2D eigenvalue weighted by Gasteiger charge is -2.40. The van der Waals surface area contributed by atoms with Gasteiger partial charge < -0.3 is 5.32 Å². The average Bonchev–Trinajstić information content (AvgIpc) is 2.66. The molecule has 1 saturated carbocycles. The van der Waals surface area contributed by atoms with Crippen LogP contribution < -0.4 is 5.32 Å². The third kappa shape index (κ3) is 5.20. The molecular weight excluding hydrogens is 453 g/mol. The fraction of sp³-hybridized carbons (Fsp3) is 0.429. The molecule has 0 radical (unpaired) electrons. The van der Waals surface area contributed by atoms with Crippen molar-refractivity contribution >= 4 is 27.3 Å². The zero-order valence-electron chi connectivity index (χ0n) is 16.9. The molecule has 0 aliphatic heterocycles. The number of amides is 1. The summed E-state index contributed by atoms with van der Waals surface area (Å²) in [6.45, 7) is 3.04. The highest BCUT2D eigenvalue weighted by atomic mass is 35.5. The molecule has 0 spiro atoms. The molecule has 2 aromatic rings. The normalized spacial score (nSPS) is 19.5. The van der Waals surface area contributed by atoms with Crippen LogP contribution in [0.15, 0.2) is 47.5 Å². The van der Waals surface area contributed by atoms with E-state index in [0.29, 0.717) is 23.9 Å². The second kappa shape index (κ2) is 8.43. The molecule has 0 unspecified atom stereocenters. The highest BCUT2D eigenvalue weighted by molar-refractivity contribution is 7.92. The molecule has 1 aromatic heterocycles. The lowest BCUT2D eigenvalue weighted by atomic mass is 9.75. The minimum Gasteiger partial charge on any atom is -0.348 e. The minimum absolute atomic E-state index is 0.0269. The van der Waals surface area contributed by atoms with E-state index in [1.807, 2.05) is 0 Å². The zero-order valence-corrected chi connectivity index (χ0v) is 18.5. The van der Waals surface area contributed by atoms with Crippen molar-refractivity contribution in [1.82, 2.24) is 10.3 Å². The first-order chi connectivity index (χ1) is 14.3. The summed E-state index contributed by atoms with van der Waals surface area (Å²) in [6, 6.07) is 6.79. The number of carbonyl (C=O) groups is 1. The van der Waals surface area contributed by atoms with Crippen molar-refractivity contribution in [3.8, 4) is 0 Å². The Morgan fingerprint density at radius 3 is 2.45 bits per heavy atom. The highest BCUT2D eigenvalue weighted by Crippen LogP contribution is 2.40. The molecule has 0 bridgehead atoms. The number of benzene rings is 1. The third-order valence-corrected chi connectivity index (χ3v) is 8.23. The molecule has 1 heterocycles. The Balaban J connectivity index is 1.61. The molecule has 10 heteroatoms. The number of nitrogens with zero attached hydrogens (tertiary/aromatic N) is 1. The van der Waals surface area contributed by atoms with E-state index in [1.54, 1.807) is 6.07 Å². The summed E-state index contributed by atoms with van der Waals surface area (Å²) in [5.41, 5.74) is -0.757. The van der Waals surface area contributed by atoms with Crippen LogP contribution in [0, 0.1) is 5.92 Å². The predicted molar refractivity (Wildman–Crippen MR) is 111 cm³/mol. The van der Waals surface area contributed by atoms with Crippen LogP contribution in [-0.4, -0.2) is 30.1 Å². The fourth-order valence-corrected chi connectivity index (χ4v) is 5.50. The lowest BCUT2D eigenvalue weighted by Crippen LogP contribution is -2.47. The molecule has 5 nitrogen and oxygen atoms in total. The van der Waals surface area contributed by atoms with Gasteiger partial charge in [0.1, 0.15) is 5.69 Å². The van der Waals surface area contributed by atoms with Crippen LogP contribution >= 0.6 is 11.6 Å². The number of aromatic nitrogens is 1. The van der Waals surface area contributed by atoms with E-state index in [4.69, 9.17) is 11.6 Å². The Hall–Kier alpha value is -2.13. The smallest absolute Gasteiger partial charge is 0.348 e. The number of nitrogens with one attached hydrogen (secondary N) is 1. The molecule has 31 heavy (non-hydrogen) atoms.